The van der Waals surface area contributed by atoms with Crippen LogP contribution in [0.25, 0.3) is 0 Å². The Labute approximate surface area is 58.2 Å². The second kappa shape index (κ2) is 2.96. The average Bonchev–Trinajstić information content (AvgIpc) is 2.34. The minimum Gasteiger partial charge on any atom is -0.480 e. The lowest BCUT2D eigenvalue weighted by atomic mass is 10.2. The minimum atomic E-state index is -0.879. The smallest absolute Gasteiger partial charge is 0.320 e. The highest BCUT2D eigenvalue weighted by molar-refractivity contribution is 5.73. The van der Waals surface area contributed by atoms with E-state index in [0.717, 1.165) is 0 Å². The van der Waals surface area contributed by atoms with Gasteiger partial charge in [0.15, 0.2) is 0 Å². The minimum absolute atomic E-state index is 0.235. The van der Waals surface area contributed by atoms with Crippen molar-refractivity contribution in [3.63, 3.8) is 0 Å². The Morgan fingerprint density at radius 1 is 1.70 bits per heavy atom. The molecule has 1 aliphatic heterocycles. The van der Waals surface area contributed by atoms with Crippen molar-refractivity contribution in [2.75, 3.05) is 6.67 Å². The second-order valence-corrected chi connectivity index (χ2v) is 2.49. The van der Waals surface area contributed by atoms with Crippen LogP contribution in [0.15, 0.2) is 0 Å². The van der Waals surface area contributed by atoms with E-state index in [1.54, 1.807) is 0 Å². The summed E-state index contributed by atoms with van der Waals surface area (Å²) in [5.74, 6) is -0.879. The summed E-state index contributed by atoms with van der Waals surface area (Å²) in [6.07, 6.45) is 1.18. The van der Waals surface area contributed by atoms with Crippen molar-refractivity contribution in [2.45, 2.75) is 24.9 Å². The topological polar surface area (TPSA) is 49.3 Å². The van der Waals surface area contributed by atoms with Crippen LogP contribution in [0, 0.1) is 0 Å². The van der Waals surface area contributed by atoms with Crippen LogP contribution in [0.1, 0.15) is 12.8 Å². The van der Waals surface area contributed by atoms with E-state index in [1.807, 2.05) is 0 Å². The van der Waals surface area contributed by atoms with Crippen molar-refractivity contribution in [3.8, 4) is 0 Å². The molecule has 0 aliphatic carbocycles. The van der Waals surface area contributed by atoms with Gasteiger partial charge in [-0.1, -0.05) is 0 Å². The molecule has 2 atom stereocenters. The van der Waals surface area contributed by atoms with E-state index in [2.05, 4.69) is 5.32 Å². The average molecular weight is 147 g/mol. The van der Waals surface area contributed by atoms with Gasteiger partial charge in [-0.2, -0.15) is 0 Å². The summed E-state index contributed by atoms with van der Waals surface area (Å²) < 4.78 is 11.9. The Kier molecular flexibility index (Phi) is 2.21. The molecule has 3 nitrogen and oxygen atoms in total. The number of rotatable bonds is 2. The van der Waals surface area contributed by atoms with E-state index in [1.165, 1.54) is 0 Å². The molecule has 0 aromatic heterocycles. The first-order chi connectivity index (χ1) is 4.74. The van der Waals surface area contributed by atoms with Gasteiger partial charge in [0.1, 0.15) is 12.7 Å². The largest absolute Gasteiger partial charge is 0.480 e. The lowest BCUT2D eigenvalue weighted by Gasteiger charge is -2.05. The summed E-state index contributed by atoms with van der Waals surface area (Å²) in [7, 11) is 0. The first kappa shape index (κ1) is 7.47. The molecule has 0 amide bonds. The fraction of sp³-hybridized carbons (Fsp3) is 0.833. The molecule has 4 heteroatoms. The summed E-state index contributed by atoms with van der Waals surface area (Å²) in [6, 6.07) is -0.762. The molecular weight excluding hydrogens is 137 g/mol. The number of carboxylic acid groups (broad SMARTS) is 1. The third-order valence-electron chi connectivity index (χ3n) is 1.73. The highest BCUT2D eigenvalue weighted by Gasteiger charge is 2.28. The maximum atomic E-state index is 11.9. The zero-order chi connectivity index (χ0) is 7.56. The van der Waals surface area contributed by atoms with E-state index >= 15 is 0 Å². The van der Waals surface area contributed by atoms with Crippen LogP contribution >= 0.6 is 0 Å². The normalized spacial score (nSPS) is 32.5. The molecule has 0 saturated carbocycles. The standard InChI is InChI=1S/C6H10FNO2/c7-3-4-1-2-5(8-4)6(9)10/h4-5,8H,1-3H2,(H,9,10)/t4-,5+/m0/s1. The molecule has 1 aliphatic rings. The highest BCUT2D eigenvalue weighted by Crippen LogP contribution is 2.12. The third kappa shape index (κ3) is 1.44. The van der Waals surface area contributed by atoms with Gasteiger partial charge in [-0.15, -0.1) is 0 Å². The van der Waals surface area contributed by atoms with Gasteiger partial charge in [-0.05, 0) is 12.8 Å². The van der Waals surface area contributed by atoms with Gasteiger partial charge in [0.2, 0.25) is 0 Å². The molecule has 58 valence electrons. The van der Waals surface area contributed by atoms with Gasteiger partial charge >= 0.3 is 5.97 Å². The number of hydrogen-bond donors (Lipinski definition) is 2. The highest BCUT2D eigenvalue weighted by atomic mass is 19.1. The van der Waals surface area contributed by atoms with Gasteiger partial charge in [-0.3, -0.25) is 10.1 Å². The number of halogens is 1. The summed E-state index contributed by atoms with van der Waals surface area (Å²) in [6.45, 7) is -0.468. The molecule has 1 saturated heterocycles. The Morgan fingerprint density at radius 2 is 2.40 bits per heavy atom. The molecule has 1 fully saturated rings. The number of nitrogens with one attached hydrogen (secondary N) is 1. The van der Waals surface area contributed by atoms with E-state index in [9.17, 15) is 9.18 Å². The van der Waals surface area contributed by atoms with E-state index in [-0.39, 0.29) is 6.04 Å². The van der Waals surface area contributed by atoms with Crippen LogP contribution in [0.2, 0.25) is 0 Å². The number of carbonyl (C=O) groups is 1. The van der Waals surface area contributed by atoms with Crippen molar-refractivity contribution in [2.24, 2.45) is 0 Å². The summed E-state index contributed by atoms with van der Waals surface area (Å²) in [5, 5.41) is 11.1. The first-order valence-corrected chi connectivity index (χ1v) is 3.29. The molecule has 0 aromatic rings. The van der Waals surface area contributed by atoms with Crippen molar-refractivity contribution in [1.82, 2.24) is 5.32 Å². The Morgan fingerprint density at radius 3 is 2.70 bits per heavy atom. The molecule has 0 unspecified atom stereocenters. The summed E-state index contributed by atoms with van der Waals surface area (Å²) in [4.78, 5) is 10.3. The van der Waals surface area contributed by atoms with E-state index in [0.29, 0.717) is 12.8 Å². The van der Waals surface area contributed by atoms with Gasteiger partial charge in [0.25, 0.3) is 0 Å². The zero-order valence-corrected chi connectivity index (χ0v) is 5.51. The lowest BCUT2D eigenvalue weighted by molar-refractivity contribution is -0.139. The van der Waals surface area contributed by atoms with Gasteiger partial charge in [0, 0.05) is 6.04 Å². The Bertz CT molecular complexity index is 140. The van der Waals surface area contributed by atoms with Crippen molar-refractivity contribution in [3.05, 3.63) is 0 Å². The zero-order valence-electron chi connectivity index (χ0n) is 5.51. The number of alkyl halides is 1. The van der Waals surface area contributed by atoms with Gasteiger partial charge in [-0.25, -0.2) is 4.39 Å². The molecule has 0 radical (unpaired) electrons. The molecule has 1 rings (SSSR count). The van der Waals surface area contributed by atoms with Gasteiger partial charge in [0.05, 0.1) is 0 Å². The van der Waals surface area contributed by atoms with Crippen LogP contribution in [0.3, 0.4) is 0 Å². The first-order valence-electron chi connectivity index (χ1n) is 3.29. The number of aliphatic carboxylic acids is 1. The molecule has 0 aromatic carbocycles. The van der Waals surface area contributed by atoms with Crippen LogP contribution in [0.5, 0.6) is 0 Å². The monoisotopic (exact) mass is 147 g/mol. The van der Waals surface area contributed by atoms with Crippen molar-refractivity contribution < 1.29 is 14.3 Å². The van der Waals surface area contributed by atoms with Crippen molar-refractivity contribution >= 4 is 5.97 Å². The summed E-state index contributed by atoms with van der Waals surface area (Å²) >= 11 is 0. The van der Waals surface area contributed by atoms with Crippen LogP contribution in [-0.2, 0) is 4.79 Å². The number of hydrogen-bond acceptors (Lipinski definition) is 2. The molecule has 2 N–H and O–H groups in total. The number of carboxylic acids is 1. The maximum absolute atomic E-state index is 11.9. The van der Waals surface area contributed by atoms with Crippen LogP contribution < -0.4 is 5.32 Å². The van der Waals surface area contributed by atoms with Crippen LogP contribution in [0.4, 0.5) is 4.39 Å². The molecule has 1 heterocycles. The van der Waals surface area contributed by atoms with Gasteiger partial charge < -0.3 is 5.11 Å². The Hall–Kier alpha value is -0.640. The Balaban J connectivity index is 2.35. The molecular formula is C6H10FNO2. The lowest BCUT2D eigenvalue weighted by Crippen LogP contribution is -2.36. The second-order valence-electron chi connectivity index (χ2n) is 2.49. The van der Waals surface area contributed by atoms with Crippen molar-refractivity contribution in [1.29, 1.82) is 0 Å². The van der Waals surface area contributed by atoms with E-state index < -0.39 is 18.7 Å². The summed E-state index contributed by atoms with van der Waals surface area (Å²) in [5.41, 5.74) is 0. The maximum Gasteiger partial charge on any atom is 0.320 e. The predicted molar refractivity (Wildman–Crippen MR) is 33.6 cm³/mol. The van der Waals surface area contributed by atoms with E-state index in [4.69, 9.17) is 5.11 Å². The SMILES string of the molecule is O=C(O)[C@H]1CC[C@@H](CF)N1. The fourth-order valence-corrected chi connectivity index (χ4v) is 1.14. The third-order valence-corrected chi connectivity index (χ3v) is 1.73. The quantitative estimate of drug-likeness (QED) is 0.585. The fourth-order valence-electron chi connectivity index (χ4n) is 1.14. The molecule has 10 heavy (non-hydrogen) atoms. The molecule has 0 spiro atoms. The molecule has 0 bridgehead atoms. The predicted octanol–water partition coefficient (Wildman–Crippen LogP) is 0.161. The van der Waals surface area contributed by atoms with Crippen LogP contribution in [-0.4, -0.2) is 29.8 Å².